The summed E-state index contributed by atoms with van der Waals surface area (Å²) >= 11 is 5.76. The maximum atomic E-state index is 11.9. The van der Waals surface area contributed by atoms with Crippen LogP contribution in [0.1, 0.15) is 16.1 Å². The second kappa shape index (κ2) is 6.02. The highest BCUT2D eigenvalue weighted by Gasteiger charge is 2.16. The highest BCUT2D eigenvalue weighted by Crippen LogP contribution is 2.18. The van der Waals surface area contributed by atoms with E-state index in [4.69, 9.17) is 11.6 Å². The highest BCUT2D eigenvalue weighted by atomic mass is 35.5. The largest absolute Gasteiger partial charge is 0.346 e. The fraction of sp³-hybridized carbons (Fsp3) is 0.0909. The predicted octanol–water partition coefficient (Wildman–Crippen LogP) is 1.36. The zero-order valence-corrected chi connectivity index (χ0v) is 10.7. The van der Waals surface area contributed by atoms with Gasteiger partial charge in [0.2, 0.25) is 0 Å². The minimum atomic E-state index is -0.648. The Morgan fingerprint density at radius 2 is 2.25 bits per heavy atom. The lowest BCUT2D eigenvalue weighted by atomic mass is 10.2. The monoisotopic (exact) mass is 293 g/mol. The SMILES string of the molecule is O=C(NCc1ccncn1)c1cc([N+](=O)[O-])cnc1Cl. The number of carbonyl (C=O) groups excluding carboxylic acids is 1. The number of halogens is 1. The average Bonchev–Trinajstić information content (AvgIpc) is 2.46. The van der Waals surface area contributed by atoms with Crippen molar-refractivity contribution in [3.63, 3.8) is 0 Å². The van der Waals surface area contributed by atoms with E-state index in [1.54, 1.807) is 6.07 Å². The summed E-state index contributed by atoms with van der Waals surface area (Å²) in [4.78, 5) is 33.2. The van der Waals surface area contributed by atoms with Crippen LogP contribution in [0.5, 0.6) is 0 Å². The van der Waals surface area contributed by atoms with Crippen LogP contribution in [0.25, 0.3) is 0 Å². The van der Waals surface area contributed by atoms with Crippen molar-refractivity contribution in [1.29, 1.82) is 0 Å². The Morgan fingerprint density at radius 1 is 1.45 bits per heavy atom. The van der Waals surface area contributed by atoms with Crippen LogP contribution in [0.2, 0.25) is 5.15 Å². The zero-order chi connectivity index (χ0) is 14.5. The lowest BCUT2D eigenvalue weighted by molar-refractivity contribution is -0.385. The number of amides is 1. The fourth-order valence-corrected chi connectivity index (χ4v) is 1.57. The number of carbonyl (C=O) groups is 1. The van der Waals surface area contributed by atoms with Crippen molar-refractivity contribution in [3.05, 3.63) is 57.4 Å². The van der Waals surface area contributed by atoms with Gasteiger partial charge in [-0.05, 0) is 6.07 Å². The second-order valence-electron chi connectivity index (χ2n) is 3.67. The van der Waals surface area contributed by atoms with Crippen molar-refractivity contribution in [2.45, 2.75) is 6.54 Å². The fourth-order valence-electron chi connectivity index (χ4n) is 1.38. The summed E-state index contributed by atoms with van der Waals surface area (Å²) in [5.41, 5.74) is 0.236. The molecule has 2 heterocycles. The molecule has 0 aliphatic heterocycles. The molecule has 102 valence electrons. The van der Waals surface area contributed by atoms with E-state index in [9.17, 15) is 14.9 Å². The van der Waals surface area contributed by atoms with E-state index in [1.807, 2.05) is 0 Å². The molecule has 0 saturated heterocycles. The maximum absolute atomic E-state index is 11.9. The van der Waals surface area contributed by atoms with Gasteiger partial charge in [-0.1, -0.05) is 11.6 Å². The van der Waals surface area contributed by atoms with E-state index in [1.165, 1.54) is 12.5 Å². The van der Waals surface area contributed by atoms with Crippen LogP contribution in [-0.4, -0.2) is 25.8 Å². The first-order valence-electron chi connectivity index (χ1n) is 5.41. The van der Waals surface area contributed by atoms with E-state index >= 15 is 0 Å². The molecule has 1 N–H and O–H groups in total. The molecule has 0 fully saturated rings. The second-order valence-corrected chi connectivity index (χ2v) is 4.03. The van der Waals surface area contributed by atoms with E-state index in [2.05, 4.69) is 20.3 Å². The molecule has 0 aliphatic rings. The van der Waals surface area contributed by atoms with E-state index in [0.29, 0.717) is 5.69 Å². The summed E-state index contributed by atoms with van der Waals surface area (Å²) in [6, 6.07) is 2.71. The van der Waals surface area contributed by atoms with E-state index in [-0.39, 0.29) is 22.9 Å². The van der Waals surface area contributed by atoms with Crippen LogP contribution in [0.4, 0.5) is 5.69 Å². The molecule has 2 rings (SSSR count). The van der Waals surface area contributed by atoms with Crippen molar-refractivity contribution < 1.29 is 9.72 Å². The summed E-state index contributed by atoms with van der Waals surface area (Å²) in [7, 11) is 0. The molecule has 1 amide bonds. The summed E-state index contributed by atoms with van der Waals surface area (Å²) in [6.45, 7) is 0.153. The molecule has 0 radical (unpaired) electrons. The molecule has 0 atom stereocenters. The number of aromatic nitrogens is 3. The van der Waals surface area contributed by atoms with Gasteiger partial charge in [0, 0.05) is 12.3 Å². The Bertz CT molecular complexity index is 650. The molecule has 2 aromatic rings. The number of nitro groups is 1. The summed E-state index contributed by atoms with van der Waals surface area (Å²) in [6.07, 6.45) is 3.88. The number of nitrogens with one attached hydrogen (secondary N) is 1. The third kappa shape index (κ3) is 3.23. The Hall–Kier alpha value is -2.61. The minimum absolute atomic E-state index is 0.0603. The Balaban J connectivity index is 2.13. The van der Waals surface area contributed by atoms with Crippen molar-refractivity contribution >= 4 is 23.2 Å². The zero-order valence-electron chi connectivity index (χ0n) is 9.99. The molecule has 0 bridgehead atoms. The van der Waals surface area contributed by atoms with Gasteiger partial charge in [-0.15, -0.1) is 0 Å². The van der Waals surface area contributed by atoms with Crippen LogP contribution in [0, 0.1) is 10.1 Å². The van der Waals surface area contributed by atoms with Gasteiger partial charge in [0.1, 0.15) is 17.7 Å². The number of nitrogens with zero attached hydrogens (tertiary/aromatic N) is 4. The van der Waals surface area contributed by atoms with Gasteiger partial charge >= 0.3 is 0 Å². The van der Waals surface area contributed by atoms with Crippen molar-refractivity contribution in [1.82, 2.24) is 20.3 Å². The van der Waals surface area contributed by atoms with Gasteiger partial charge in [0.05, 0.1) is 22.7 Å². The molecule has 0 spiro atoms. The van der Waals surface area contributed by atoms with Crippen molar-refractivity contribution in [3.8, 4) is 0 Å². The third-order valence-corrected chi connectivity index (χ3v) is 2.65. The molecule has 0 aliphatic carbocycles. The van der Waals surface area contributed by atoms with E-state index in [0.717, 1.165) is 12.3 Å². The first kappa shape index (κ1) is 13.8. The molecule has 9 heteroatoms. The van der Waals surface area contributed by atoms with Gasteiger partial charge in [-0.25, -0.2) is 15.0 Å². The molecule has 0 aromatic carbocycles. The highest BCUT2D eigenvalue weighted by molar-refractivity contribution is 6.32. The molecule has 2 aromatic heterocycles. The standard InChI is InChI=1S/C11H8ClN5O3/c12-10-9(3-8(5-14-10)17(19)20)11(18)15-4-7-1-2-13-6-16-7/h1-3,5-6H,4H2,(H,15,18). The van der Waals surface area contributed by atoms with Crippen molar-refractivity contribution in [2.75, 3.05) is 0 Å². The van der Waals surface area contributed by atoms with Gasteiger partial charge in [-0.3, -0.25) is 14.9 Å². The molecule has 0 saturated carbocycles. The van der Waals surface area contributed by atoms with Crippen molar-refractivity contribution in [2.24, 2.45) is 0 Å². The Labute approximate surface area is 118 Å². The quantitative estimate of drug-likeness (QED) is 0.517. The van der Waals surface area contributed by atoms with Crippen LogP contribution >= 0.6 is 11.6 Å². The van der Waals surface area contributed by atoms with Crippen LogP contribution < -0.4 is 5.32 Å². The van der Waals surface area contributed by atoms with Crippen LogP contribution in [0.15, 0.2) is 30.9 Å². The minimum Gasteiger partial charge on any atom is -0.346 e. The number of hydrogen-bond acceptors (Lipinski definition) is 6. The summed E-state index contributed by atoms with van der Waals surface area (Å²) in [5.74, 6) is -0.565. The van der Waals surface area contributed by atoms with Crippen LogP contribution in [0.3, 0.4) is 0 Å². The first-order chi connectivity index (χ1) is 9.58. The number of hydrogen-bond donors (Lipinski definition) is 1. The van der Waals surface area contributed by atoms with Crippen LogP contribution in [-0.2, 0) is 6.54 Å². The molecule has 0 unspecified atom stereocenters. The number of rotatable bonds is 4. The van der Waals surface area contributed by atoms with Gasteiger partial charge in [-0.2, -0.15) is 0 Å². The molecule has 8 nitrogen and oxygen atoms in total. The normalized spacial score (nSPS) is 10.1. The van der Waals surface area contributed by atoms with E-state index < -0.39 is 10.8 Å². The lowest BCUT2D eigenvalue weighted by Gasteiger charge is -2.05. The Morgan fingerprint density at radius 3 is 2.90 bits per heavy atom. The van der Waals surface area contributed by atoms with Gasteiger partial charge in [0.25, 0.3) is 11.6 Å². The molecular weight excluding hydrogens is 286 g/mol. The maximum Gasteiger partial charge on any atom is 0.288 e. The smallest absolute Gasteiger partial charge is 0.288 e. The van der Waals surface area contributed by atoms with Gasteiger partial charge in [0.15, 0.2) is 0 Å². The molecular formula is C11H8ClN5O3. The topological polar surface area (TPSA) is 111 Å². The predicted molar refractivity (Wildman–Crippen MR) is 69.1 cm³/mol. The average molecular weight is 294 g/mol. The lowest BCUT2D eigenvalue weighted by Crippen LogP contribution is -2.24. The first-order valence-corrected chi connectivity index (χ1v) is 5.78. The summed E-state index contributed by atoms with van der Waals surface area (Å²) in [5, 5.41) is 13.1. The Kier molecular flexibility index (Phi) is 4.16. The summed E-state index contributed by atoms with van der Waals surface area (Å²) < 4.78 is 0. The third-order valence-electron chi connectivity index (χ3n) is 2.35. The van der Waals surface area contributed by atoms with Gasteiger partial charge < -0.3 is 5.32 Å². The molecule has 20 heavy (non-hydrogen) atoms. The number of pyridine rings is 1.